The van der Waals surface area contributed by atoms with Crippen LogP contribution < -0.4 is 5.32 Å². The van der Waals surface area contributed by atoms with E-state index in [9.17, 15) is 9.59 Å². The molecule has 1 N–H and O–H groups in total. The summed E-state index contributed by atoms with van der Waals surface area (Å²) in [7, 11) is 1.36. The Labute approximate surface area is 126 Å². The fourth-order valence-corrected chi connectivity index (χ4v) is 1.97. The molecule has 116 valence electrons. The average Bonchev–Trinajstić information content (AvgIpc) is 2.51. The van der Waals surface area contributed by atoms with E-state index in [4.69, 9.17) is 4.74 Å². The van der Waals surface area contributed by atoms with Crippen LogP contribution in [0.2, 0.25) is 0 Å². The molecule has 0 fully saturated rings. The van der Waals surface area contributed by atoms with Gasteiger partial charge in [-0.05, 0) is 25.5 Å². The lowest BCUT2D eigenvalue weighted by Crippen LogP contribution is -2.45. The molecule has 0 aromatic heterocycles. The molecule has 0 bridgehead atoms. The minimum Gasteiger partial charge on any atom is -0.469 e. The molecule has 2 amide bonds. The van der Waals surface area contributed by atoms with E-state index in [2.05, 4.69) is 5.32 Å². The largest absolute Gasteiger partial charge is 0.469 e. The molecule has 0 aliphatic carbocycles. The highest BCUT2D eigenvalue weighted by Gasteiger charge is 2.24. The second-order valence-corrected chi connectivity index (χ2v) is 5.13. The maximum atomic E-state index is 12.4. The number of esters is 1. The fraction of sp³-hybridized carbons (Fsp3) is 0.500. The second-order valence-electron chi connectivity index (χ2n) is 5.13. The van der Waals surface area contributed by atoms with Gasteiger partial charge in [0.25, 0.3) is 0 Å². The van der Waals surface area contributed by atoms with Crippen LogP contribution in [0.15, 0.2) is 30.3 Å². The van der Waals surface area contributed by atoms with Gasteiger partial charge in [0.2, 0.25) is 0 Å². The van der Waals surface area contributed by atoms with Crippen molar-refractivity contribution in [3.63, 3.8) is 0 Å². The van der Waals surface area contributed by atoms with Crippen molar-refractivity contribution >= 4 is 17.7 Å². The van der Waals surface area contributed by atoms with Gasteiger partial charge in [0, 0.05) is 18.3 Å². The lowest BCUT2D eigenvalue weighted by Gasteiger charge is -2.30. The van der Waals surface area contributed by atoms with E-state index in [0.717, 1.165) is 12.1 Å². The van der Waals surface area contributed by atoms with Gasteiger partial charge in [-0.3, -0.25) is 4.79 Å². The Kier molecular flexibility index (Phi) is 6.72. The van der Waals surface area contributed by atoms with Crippen molar-refractivity contribution < 1.29 is 14.3 Å². The van der Waals surface area contributed by atoms with E-state index >= 15 is 0 Å². The lowest BCUT2D eigenvalue weighted by molar-refractivity contribution is -0.145. The minimum absolute atomic E-state index is 0.0424. The Morgan fingerprint density at radius 2 is 1.86 bits per heavy atom. The Morgan fingerprint density at radius 1 is 1.24 bits per heavy atom. The van der Waals surface area contributed by atoms with Gasteiger partial charge in [-0.15, -0.1) is 0 Å². The maximum absolute atomic E-state index is 12.4. The van der Waals surface area contributed by atoms with Gasteiger partial charge in [0.1, 0.15) is 0 Å². The molecule has 1 aromatic carbocycles. The number of urea groups is 1. The normalized spacial score (nSPS) is 13.1. The quantitative estimate of drug-likeness (QED) is 0.819. The van der Waals surface area contributed by atoms with E-state index in [-0.39, 0.29) is 24.0 Å². The topological polar surface area (TPSA) is 58.6 Å². The van der Waals surface area contributed by atoms with Gasteiger partial charge in [0.15, 0.2) is 0 Å². The number of benzene rings is 1. The number of hydrogen-bond acceptors (Lipinski definition) is 3. The van der Waals surface area contributed by atoms with Crippen LogP contribution in [-0.4, -0.2) is 36.6 Å². The Bertz CT molecular complexity index is 462. The van der Waals surface area contributed by atoms with Crippen LogP contribution in [0.4, 0.5) is 10.5 Å². The van der Waals surface area contributed by atoms with Crippen LogP contribution in [0.1, 0.15) is 27.2 Å². The number of carbonyl (C=O) groups excluding carboxylic acids is 2. The van der Waals surface area contributed by atoms with E-state index in [0.29, 0.717) is 6.54 Å². The van der Waals surface area contributed by atoms with Crippen LogP contribution in [0, 0.1) is 5.92 Å². The molecular weight excluding hydrogens is 268 g/mol. The zero-order valence-electron chi connectivity index (χ0n) is 13.1. The monoisotopic (exact) mass is 292 g/mol. The average molecular weight is 292 g/mol. The van der Waals surface area contributed by atoms with Crippen molar-refractivity contribution in [1.82, 2.24) is 4.90 Å². The third kappa shape index (κ3) is 5.10. The third-order valence-electron chi connectivity index (χ3n) is 3.48. The first-order chi connectivity index (χ1) is 9.99. The smallest absolute Gasteiger partial charge is 0.322 e. The highest BCUT2D eigenvalue weighted by atomic mass is 16.5. The first kappa shape index (κ1) is 17.0. The Hall–Kier alpha value is -2.04. The van der Waals surface area contributed by atoms with E-state index in [1.165, 1.54) is 7.11 Å². The molecule has 0 saturated carbocycles. The number of hydrogen-bond donors (Lipinski definition) is 1. The van der Waals surface area contributed by atoms with Gasteiger partial charge in [-0.2, -0.15) is 0 Å². The summed E-state index contributed by atoms with van der Waals surface area (Å²) in [6.07, 6.45) is 0.816. The molecule has 1 aromatic rings. The van der Waals surface area contributed by atoms with Crippen molar-refractivity contribution in [3.05, 3.63) is 30.3 Å². The van der Waals surface area contributed by atoms with Gasteiger partial charge < -0.3 is 15.0 Å². The first-order valence-corrected chi connectivity index (χ1v) is 7.20. The van der Waals surface area contributed by atoms with Crippen molar-refractivity contribution in [2.45, 2.75) is 33.2 Å². The van der Waals surface area contributed by atoms with Crippen molar-refractivity contribution in [1.29, 1.82) is 0 Å². The van der Waals surface area contributed by atoms with Crippen molar-refractivity contribution in [3.8, 4) is 0 Å². The molecule has 5 heteroatoms. The summed E-state index contributed by atoms with van der Waals surface area (Å²) in [5.41, 5.74) is 0.738. The summed E-state index contributed by atoms with van der Waals surface area (Å²) in [5, 5.41) is 2.85. The number of nitrogens with zero attached hydrogens (tertiary/aromatic N) is 1. The molecule has 1 rings (SSSR count). The summed E-state index contributed by atoms with van der Waals surface area (Å²) in [4.78, 5) is 25.7. The molecule has 0 saturated heterocycles. The summed E-state index contributed by atoms with van der Waals surface area (Å²) in [5.74, 6) is -0.665. The number of anilines is 1. The number of carbonyl (C=O) groups is 2. The summed E-state index contributed by atoms with van der Waals surface area (Å²) >= 11 is 0. The number of ether oxygens (including phenoxy) is 1. The number of rotatable bonds is 6. The summed E-state index contributed by atoms with van der Waals surface area (Å²) in [6, 6.07) is 9.11. The zero-order chi connectivity index (χ0) is 15.8. The predicted octanol–water partition coefficient (Wildman–Crippen LogP) is 3.13. The second kappa shape index (κ2) is 8.29. The summed E-state index contributed by atoms with van der Waals surface area (Å²) in [6.45, 7) is 6.07. The molecule has 0 spiro atoms. The number of nitrogens with one attached hydrogen (secondary N) is 1. The molecule has 5 nitrogen and oxygen atoms in total. The van der Waals surface area contributed by atoms with E-state index in [1.807, 2.05) is 44.2 Å². The maximum Gasteiger partial charge on any atom is 0.322 e. The highest BCUT2D eigenvalue weighted by Crippen LogP contribution is 2.13. The standard InChI is InChI=1S/C16H24N2O3/c1-5-13(3)18(11-12(2)15(19)21-4)16(20)17-14-9-7-6-8-10-14/h6-10,12-13H,5,11H2,1-4H3,(H,17,20). The Balaban J connectivity index is 2.77. The van der Waals surface area contributed by atoms with E-state index in [1.54, 1.807) is 11.8 Å². The number of methoxy groups -OCH3 is 1. The SMILES string of the molecule is CCC(C)N(CC(C)C(=O)OC)C(=O)Nc1ccccc1. The van der Waals surface area contributed by atoms with Gasteiger partial charge in [0.05, 0.1) is 13.0 Å². The summed E-state index contributed by atoms with van der Waals surface area (Å²) < 4.78 is 4.73. The van der Waals surface area contributed by atoms with E-state index < -0.39 is 0 Å². The molecule has 21 heavy (non-hydrogen) atoms. The highest BCUT2D eigenvalue weighted by molar-refractivity contribution is 5.89. The van der Waals surface area contributed by atoms with Crippen LogP contribution in [-0.2, 0) is 9.53 Å². The van der Waals surface area contributed by atoms with Gasteiger partial charge in [-0.25, -0.2) is 4.79 Å². The minimum atomic E-state index is -0.356. The van der Waals surface area contributed by atoms with Gasteiger partial charge >= 0.3 is 12.0 Å². The van der Waals surface area contributed by atoms with Crippen molar-refractivity contribution in [2.75, 3.05) is 19.0 Å². The molecule has 2 atom stereocenters. The zero-order valence-corrected chi connectivity index (χ0v) is 13.1. The molecule has 0 aliphatic rings. The van der Waals surface area contributed by atoms with Crippen LogP contribution >= 0.6 is 0 Å². The van der Waals surface area contributed by atoms with Crippen molar-refractivity contribution in [2.24, 2.45) is 5.92 Å². The van der Waals surface area contributed by atoms with Crippen LogP contribution in [0.25, 0.3) is 0 Å². The number of amides is 2. The van der Waals surface area contributed by atoms with Crippen LogP contribution in [0.5, 0.6) is 0 Å². The molecule has 0 aliphatic heterocycles. The number of para-hydroxylation sites is 1. The predicted molar refractivity (Wildman–Crippen MR) is 83.1 cm³/mol. The van der Waals surface area contributed by atoms with Gasteiger partial charge in [-0.1, -0.05) is 32.0 Å². The first-order valence-electron chi connectivity index (χ1n) is 7.20. The Morgan fingerprint density at radius 3 is 2.38 bits per heavy atom. The fourth-order valence-electron chi connectivity index (χ4n) is 1.97. The lowest BCUT2D eigenvalue weighted by atomic mass is 10.1. The molecule has 2 unspecified atom stereocenters. The molecule has 0 radical (unpaired) electrons. The molecule has 0 heterocycles. The van der Waals surface area contributed by atoms with Crippen LogP contribution in [0.3, 0.4) is 0 Å². The molecular formula is C16H24N2O3. The third-order valence-corrected chi connectivity index (χ3v) is 3.48.